The smallest absolute Gasteiger partial charge is 0.307 e. The van der Waals surface area contributed by atoms with Crippen molar-refractivity contribution in [1.82, 2.24) is 0 Å². The van der Waals surface area contributed by atoms with Gasteiger partial charge < -0.3 is 5.11 Å². The van der Waals surface area contributed by atoms with Crippen LogP contribution in [0.1, 0.15) is 5.56 Å². The van der Waals surface area contributed by atoms with E-state index >= 15 is 0 Å². The van der Waals surface area contributed by atoms with Gasteiger partial charge in [-0.2, -0.15) is 0 Å². The van der Waals surface area contributed by atoms with Crippen molar-refractivity contribution in [1.29, 1.82) is 0 Å². The van der Waals surface area contributed by atoms with Gasteiger partial charge in [0.25, 0.3) is 0 Å². The molecule has 1 N–H and O–H groups in total. The van der Waals surface area contributed by atoms with Crippen LogP contribution in [-0.4, -0.2) is 11.1 Å². The summed E-state index contributed by atoms with van der Waals surface area (Å²) in [6.07, 6.45) is -0.119. The summed E-state index contributed by atoms with van der Waals surface area (Å²) in [5, 5.41) is 9.18. The van der Waals surface area contributed by atoms with Crippen molar-refractivity contribution < 1.29 is 9.90 Å². The summed E-state index contributed by atoms with van der Waals surface area (Å²) in [5.74, 6) is -0.930. The second kappa shape index (κ2) is 4.31. The van der Waals surface area contributed by atoms with Crippen molar-refractivity contribution in [3.05, 3.63) is 32.2 Å². The summed E-state index contributed by atoms with van der Waals surface area (Å²) < 4.78 is 0.660. The molecule has 5 heteroatoms. The third-order valence-electron chi connectivity index (χ3n) is 1.46. The topological polar surface area (TPSA) is 37.3 Å². The van der Waals surface area contributed by atoms with Crippen molar-refractivity contribution in [2.45, 2.75) is 6.42 Å². The van der Waals surface area contributed by atoms with Gasteiger partial charge in [0.1, 0.15) is 0 Å². The van der Waals surface area contributed by atoms with Crippen LogP contribution in [0.4, 0.5) is 0 Å². The summed E-state index contributed by atoms with van der Waals surface area (Å²) in [5.41, 5.74) is 0.516. The van der Waals surface area contributed by atoms with Crippen molar-refractivity contribution in [3.63, 3.8) is 0 Å². The van der Waals surface area contributed by atoms with Gasteiger partial charge in [-0.15, -0.1) is 0 Å². The average Bonchev–Trinajstić information content (AvgIpc) is 2.06. The summed E-state index contributed by atoms with van der Waals surface area (Å²) in [7, 11) is 0. The fourth-order valence-corrected chi connectivity index (χ4v) is 1.73. The van der Waals surface area contributed by atoms with E-state index in [4.69, 9.17) is 28.3 Å². The van der Waals surface area contributed by atoms with Crippen molar-refractivity contribution in [2.75, 3.05) is 0 Å². The van der Waals surface area contributed by atoms with Gasteiger partial charge >= 0.3 is 5.97 Å². The minimum absolute atomic E-state index is 0.119. The van der Waals surface area contributed by atoms with Gasteiger partial charge in [0.15, 0.2) is 0 Å². The number of hydrogen-bond acceptors (Lipinski definition) is 1. The molecule has 0 aromatic heterocycles. The fraction of sp³-hybridized carbons (Fsp3) is 0.125. The summed E-state index contributed by atoms with van der Waals surface area (Å²) >= 11 is 14.8. The molecule has 0 spiro atoms. The molecule has 0 saturated carbocycles. The first kappa shape index (κ1) is 10.8. The molecule has 0 unspecified atom stereocenters. The molecule has 70 valence electrons. The van der Waals surface area contributed by atoms with Crippen molar-refractivity contribution in [3.8, 4) is 0 Å². The maximum absolute atomic E-state index is 10.4. The molecule has 0 amide bonds. The highest BCUT2D eigenvalue weighted by molar-refractivity contribution is 9.10. The molecule has 0 aliphatic heterocycles. The highest BCUT2D eigenvalue weighted by atomic mass is 79.9. The first-order chi connectivity index (χ1) is 6.02. The Balaban J connectivity index is 3.10. The van der Waals surface area contributed by atoms with Crippen LogP contribution in [0.15, 0.2) is 16.6 Å². The molecule has 0 saturated heterocycles. The van der Waals surface area contributed by atoms with Crippen molar-refractivity contribution in [2.24, 2.45) is 0 Å². The zero-order valence-corrected chi connectivity index (χ0v) is 9.45. The molecule has 0 radical (unpaired) electrons. The van der Waals surface area contributed by atoms with E-state index in [0.29, 0.717) is 20.1 Å². The largest absolute Gasteiger partial charge is 0.481 e. The molecule has 2 nitrogen and oxygen atoms in total. The first-order valence-corrected chi connectivity index (χ1v) is 4.91. The van der Waals surface area contributed by atoms with Crippen LogP contribution in [0.5, 0.6) is 0 Å². The molecule has 0 aliphatic carbocycles. The van der Waals surface area contributed by atoms with Gasteiger partial charge in [-0.05, 0) is 27.6 Å². The van der Waals surface area contributed by atoms with Crippen LogP contribution in [0, 0.1) is 0 Å². The molecule has 13 heavy (non-hydrogen) atoms. The third kappa shape index (κ3) is 2.59. The maximum Gasteiger partial charge on any atom is 0.307 e. The highest BCUT2D eigenvalue weighted by Gasteiger charge is 2.10. The van der Waals surface area contributed by atoms with Crippen molar-refractivity contribution >= 4 is 45.1 Å². The van der Waals surface area contributed by atoms with Gasteiger partial charge in [-0.25, -0.2) is 0 Å². The van der Waals surface area contributed by atoms with E-state index in [-0.39, 0.29) is 6.42 Å². The molecule has 0 atom stereocenters. The van der Waals surface area contributed by atoms with Crippen LogP contribution in [0.3, 0.4) is 0 Å². The number of carbonyl (C=O) groups is 1. The third-order valence-corrected chi connectivity index (χ3v) is 3.27. The number of hydrogen-bond donors (Lipinski definition) is 1. The molecule has 0 fully saturated rings. The Morgan fingerprint density at radius 1 is 1.38 bits per heavy atom. The molecule has 1 rings (SSSR count). The number of halogens is 3. The normalized spacial score (nSPS) is 10.1. The van der Waals surface area contributed by atoms with Crippen LogP contribution in [0.2, 0.25) is 10.0 Å². The second-order valence-electron chi connectivity index (χ2n) is 2.40. The van der Waals surface area contributed by atoms with E-state index in [1.165, 1.54) is 0 Å². The number of benzene rings is 1. The fourth-order valence-electron chi connectivity index (χ4n) is 0.865. The van der Waals surface area contributed by atoms with E-state index in [1.807, 2.05) is 0 Å². The minimum Gasteiger partial charge on any atom is -0.481 e. The molecule has 0 aliphatic rings. The van der Waals surface area contributed by atoms with Crippen LogP contribution in [0.25, 0.3) is 0 Å². The molecular formula is C8H5BrCl2O2. The van der Waals surface area contributed by atoms with E-state index in [2.05, 4.69) is 15.9 Å². The zero-order valence-electron chi connectivity index (χ0n) is 6.35. The zero-order chi connectivity index (χ0) is 10.0. The summed E-state index contributed by atoms with van der Waals surface area (Å²) in [4.78, 5) is 10.4. The molecular weight excluding hydrogens is 279 g/mol. The number of aliphatic carboxylic acids is 1. The average molecular weight is 284 g/mol. The lowest BCUT2D eigenvalue weighted by molar-refractivity contribution is -0.136. The Bertz CT molecular complexity index is 352. The van der Waals surface area contributed by atoms with Crippen LogP contribution in [-0.2, 0) is 11.2 Å². The van der Waals surface area contributed by atoms with Crippen LogP contribution >= 0.6 is 39.1 Å². The highest BCUT2D eigenvalue weighted by Crippen LogP contribution is 2.32. The Hall–Kier alpha value is -0.250. The quantitative estimate of drug-likeness (QED) is 0.845. The van der Waals surface area contributed by atoms with E-state index in [9.17, 15) is 4.79 Å². The number of rotatable bonds is 2. The van der Waals surface area contributed by atoms with Crippen LogP contribution < -0.4 is 0 Å². The maximum atomic E-state index is 10.4. The Labute approximate surface area is 93.6 Å². The lowest BCUT2D eigenvalue weighted by atomic mass is 10.1. The lowest BCUT2D eigenvalue weighted by Crippen LogP contribution is -2.00. The first-order valence-electron chi connectivity index (χ1n) is 3.36. The molecule has 1 aromatic rings. The Morgan fingerprint density at radius 3 is 2.54 bits per heavy atom. The van der Waals surface area contributed by atoms with E-state index < -0.39 is 5.97 Å². The monoisotopic (exact) mass is 282 g/mol. The SMILES string of the molecule is O=C(O)Cc1ccc(Br)c(Cl)c1Cl. The Morgan fingerprint density at radius 2 is 2.00 bits per heavy atom. The predicted molar refractivity (Wildman–Crippen MR) is 55.5 cm³/mol. The summed E-state index contributed by atoms with van der Waals surface area (Å²) in [6, 6.07) is 3.30. The van der Waals surface area contributed by atoms with E-state index in [1.54, 1.807) is 12.1 Å². The molecule has 1 aromatic carbocycles. The van der Waals surface area contributed by atoms with Gasteiger partial charge in [0, 0.05) is 4.47 Å². The number of carboxylic acids is 1. The predicted octanol–water partition coefficient (Wildman–Crippen LogP) is 3.38. The second-order valence-corrected chi connectivity index (χ2v) is 4.02. The number of carboxylic acid groups (broad SMARTS) is 1. The van der Waals surface area contributed by atoms with Gasteiger partial charge in [-0.1, -0.05) is 29.3 Å². The van der Waals surface area contributed by atoms with Gasteiger partial charge in [0.05, 0.1) is 16.5 Å². The standard InChI is InChI=1S/C8H5BrCl2O2/c9-5-2-1-4(3-6(12)13)7(10)8(5)11/h1-2H,3H2,(H,12,13). The van der Waals surface area contributed by atoms with Gasteiger partial charge in [0.2, 0.25) is 0 Å². The van der Waals surface area contributed by atoms with Gasteiger partial charge in [-0.3, -0.25) is 4.79 Å². The minimum atomic E-state index is -0.930. The lowest BCUT2D eigenvalue weighted by Gasteiger charge is -2.04. The van der Waals surface area contributed by atoms with E-state index in [0.717, 1.165) is 0 Å². The molecule has 0 heterocycles. The Kier molecular flexibility index (Phi) is 3.59. The summed E-state index contributed by atoms with van der Waals surface area (Å²) in [6.45, 7) is 0. The molecule has 0 bridgehead atoms.